The highest BCUT2D eigenvalue weighted by Crippen LogP contribution is 2.23. The molecule has 6 nitrogen and oxygen atoms in total. The maximum Gasteiger partial charge on any atom is 0.253 e. The molecule has 1 amide bonds. The number of aromatic nitrogens is 2. The third kappa shape index (κ3) is 3.52. The summed E-state index contributed by atoms with van der Waals surface area (Å²) in [5, 5.41) is 4.56. The van der Waals surface area contributed by atoms with Crippen molar-refractivity contribution < 1.29 is 4.79 Å². The molecule has 1 aliphatic heterocycles. The molecular formula is C19H19ClN4O2. The second kappa shape index (κ2) is 6.97. The highest BCUT2D eigenvalue weighted by Gasteiger charge is 2.25. The Morgan fingerprint density at radius 2 is 2.12 bits per heavy atom. The monoisotopic (exact) mass is 370 g/mol. The minimum atomic E-state index is -0.0980. The lowest BCUT2D eigenvalue weighted by atomic mass is 10.1. The number of amides is 1. The number of carbonyl (C=O) groups is 1. The van der Waals surface area contributed by atoms with Gasteiger partial charge < -0.3 is 15.3 Å². The third-order valence-corrected chi connectivity index (χ3v) is 4.99. The number of rotatable bonds is 4. The van der Waals surface area contributed by atoms with Crippen LogP contribution in [-0.4, -0.2) is 39.9 Å². The summed E-state index contributed by atoms with van der Waals surface area (Å²) in [5.41, 5.74) is 2.47. The minimum absolute atomic E-state index is 0.0885. The van der Waals surface area contributed by atoms with E-state index in [0.717, 1.165) is 42.5 Å². The van der Waals surface area contributed by atoms with Crippen LogP contribution in [0.1, 0.15) is 22.3 Å². The summed E-state index contributed by atoms with van der Waals surface area (Å²) in [5.74, 6) is -0.0885. The van der Waals surface area contributed by atoms with Crippen LogP contribution in [0.15, 0.2) is 47.5 Å². The average Bonchev–Trinajstić information content (AvgIpc) is 3.23. The van der Waals surface area contributed by atoms with Gasteiger partial charge in [0.05, 0.1) is 5.56 Å². The highest BCUT2D eigenvalue weighted by atomic mass is 35.5. The number of pyridine rings is 1. The first-order chi connectivity index (χ1) is 12.6. The summed E-state index contributed by atoms with van der Waals surface area (Å²) in [6.07, 6.45) is 4.37. The van der Waals surface area contributed by atoms with E-state index in [0.29, 0.717) is 10.6 Å². The summed E-state index contributed by atoms with van der Waals surface area (Å²) in [6, 6.07) is 8.95. The van der Waals surface area contributed by atoms with Crippen LogP contribution >= 0.6 is 11.6 Å². The molecule has 0 aliphatic carbocycles. The van der Waals surface area contributed by atoms with Gasteiger partial charge in [-0.05, 0) is 30.2 Å². The number of halogens is 1. The van der Waals surface area contributed by atoms with E-state index < -0.39 is 0 Å². The van der Waals surface area contributed by atoms with Crippen molar-refractivity contribution in [2.24, 2.45) is 0 Å². The molecule has 3 N–H and O–H groups in total. The van der Waals surface area contributed by atoms with Crippen molar-refractivity contribution in [3.8, 4) is 0 Å². The first kappa shape index (κ1) is 16.9. The largest absolute Gasteiger partial charge is 0.360 e. The molecule has 134 valence electrons. The molecule has 7 heteroatoms. The maximum absolute atomic E-state index is 12.7. The Bertz CT molecular complexity index is 990. The molecule has 0 radical (unpaired) electrons. The van der Waals surface area contributed by atoms with E-state index in [1.54, 1.807) is 24.5 Å². The summed E-state index contributed by atoms with van der Waals surface area (Å²) in [7, 11) is 0. The first-order valence-corrected chi connectivity index (χ1v) is 8.94. The van der Waals surface area contributed by atoms with Gasteiger partial charge in [0.25, 0.3) is 5.91 Å². The Hall–Kier alpha value is -2.57. The number of hydrogen-bond donors (Lipinski definition) is 3. The number of nitrogens with zero attached hydrogens (tertiary/aromatic N) is 1. The number of aromatic amines is 2. The zero-order valence-corrected chi connectivity index (χ0v) is 14.8. The van der Waals surface area contributed by atoms with Gasteiger partial charge in [0, 0.05) is 60.1 Å². The Morgan fingerprint density at radius 1 is 1.23 bits per heavy atom. The maximum atomic E-state index is 12.7. The average molecular weight is 371 g/mol. The fraction of sp³-hybridized carbons (Fsp3) is 0.263. The quantitative estimate of drug-likeness (QED) is 0.660. The summed E-state index contributed by atoms with van der Waals surface area (Å²) >= 11 is 6.05. The van der Waals surface area contributed by atoms with Gasteiger partial charge in [0.2, 0.25) is 5.56 Å². The van der Waals surface area contributed by atoms with E-state index >= 15 is 0 Å². The first-order valence-electron chi connectivity index (χ1n) is 8.56. The zero-order chi connectivity index (χ0) is 18.1. The predicted octanol–water partition coefficient (Wildman–Crippen LogP) is 2.51. The Balaban J connectivity index is 1.40. The van der Waals surface area contributed by atoms with Crippen LogP contribution in [0, 0.1) is 0 Å². The van der Waals surface area contributed by atoms with Crippen LogP contribution in [-0.2, 0) is 6.54 Å². The van der Waals surface area contributed by atoms with E-state index in [9.17, 15) is 9.59 Å². The van der Waals surface area contributed by atoms with Crippen LogP contribution in [0.4, 0.5) is 0 Å². The normalized spacial score (nSPS) is 17.7. The molecular weight excluding hydrogens is 352 g/mol. The molecule has 1 atom stereocenters. The van der Waals surface area contributed by atoms with E-state index in [1.807, 2.05) is 12.1 Å². The fourth-order valence-electron chi connectivity index (χ4n) is 3.44. The van der Waals surface area contributed by atoms with Crippen LogP contribution in [0.2, 0.25) is 5.02 Å². The Morgan fingerprint density at radius 3 is 2.92 bits per heavy atom. The number of likely N-dealkylation sites (tertiary alicyclic amines) is 1. The number of carbonyl (C=O) groups excluding carboxylic acids is 1. The van der Waals surface area contributed by atoms with E-state index in [-0.39, 0.29) is 17.5 Å². The van der Waals surface area contributed by atoms with Crippen molar-refractivity contribution >= 4 is 28.4 Å². The molecule has 3 aromatic rings. The third-order valence-electron chi connectivity index (χ3n) is 4.75. The lowest BCUT2D eigenvalue weighted by molar-refractivity contribution is 0.0939. The molecule has 3 heterocycles. The standard InChI is InChI=1S/C19H19ClN4O2/c20-13-2-3-17-15(7-13)16(9-21-17)19(26)23-14-5-6-24(11-14)10-12-1-4-18(25)22-8-12/h1-4,7-9,14,21H,5-6,10-11H2,(H,22,25)(H,23,26)/t14-/m0/s1. The Kier molecular flexibility index (Phi) is 4.53. The van der Waals surface area contributed by atoms with Crippen molar-refractivity contribution in [1.82, 2.24) is 20.2 Å². The van der Waals surface area contributed by atoms with Crippen LogP contribution in [0.25, 0.3) is 10.9 Å². The van der Waals surface area contributed by atoms with Gasteiger partial charge in [-0.2, -0.15) is 0 Å². The number of nitrogens with one attached hydrogen (secondary N) is 3. The van der Waals surface area contributed by atoms with Crippen molar-refractivity contribution in [3.63, 3.8) is 0 Å². The van der Waals surface area contributed by atoms with Crippen molar-refractivity contribution in [2.45, 2.75) is 19.0 Å². The molecule has 0 saturated carbocycles. The van der Waals surface area contributed by atoms with Gasteiger partial charge >= 0.3 is 0 Å². The molecule has 1 aliphatic rings. The van der Waals surface area contributed by atoms with Crippen molar-refractivity contribution in [3.05, 3.63) is 69.2 Å². The number of H-pyrrole nitrogens is 2. The smallest absolute Gasteiger partial charge is 0.253 e. The van der Waals surface area contributed by atoms with Gasteiger partial charge in [-0.25, -0.2) is 0 Å². The van der Waals surface area contributed by atoms with Crippen LogP contribution in [0.3, 0.4) is 0 Å². The minimum Gasteiger partial charge on any atom is -0.360 e. The van der Waals surface area contributed by atoms with Gasteiger partial charge in [-0.3, -0.25) is 14.5 Å². The molecule has 1 aromatic carbocycles. The van der Waals surface area contributed by atoms with E-state index in [1.165, 1.54) is 6.07 Å². The van der Waals surface area contributed by atoms with Gasteiger partial charge in [-0.15, -0.1) is 0 Å². The highest BCUT2D eigenvalue weighted by molar-refractivity contribution is 6.31. The lowest BCUT2D eigenvalue weighted by Gasteiger charge is -2.16. The Labute approximate surface area is 155 Å². The second-order valence-electron chi connectivity index (χ2n) is 6.65. The molecule has 4 rings (SSSR count). The number of hydrogen-bond acceptors (Lipinski definition) is 3. The van der Waals surface area contributed by atoms with Crippen LogP contribution in [0.5, 0.6) is 0 Å². The number of benzene rings is 1. The number of fused-ring (bicyclic) bond motifs is 1. The van der Waals surface area contributed by atoms with Gasteiger partial charge in [-0.1, -0.05) is 17.7 Å². The molecule has 0 bridgehead atoms. The van der Waals surface area contributed by atoms with E-state index in [4.69, 9.17) is 11.6 Å². The predicted molar refractivity (Wildman–Crippen MR) is 102 cm³/mol. The van der Waals surface area contributed by atoms with Crippen molar-refractivity contribution in [1.29, 1.82) is 0 Å². The van der Waals surface area contributed by atoms with Gasteiger partial charge in [0.1, 0.15) is 0 Å². The molecule has 1 saturated heterocycles. The topological polar surface area (TPSA) is 81.0 Å². The summed E-state index contributed by atoms with van der Waals surface area (Å²) in [4.78, 5) is 31.9. The molecule has 1 fully saturated rings. The zero-order valence-electron chi connectivity index (χ0n) is 14.1. The second-order valence-corrected chi connectivity index (χ2v) is 7.08. The van der Waals surface area contributed by atoms with Crippen molar-refractivity contribution in [2.75, 3.05) is 13.1 Å². The molecule has 0 unspecified atom stereocenters. The van der Waals surface area contributed by atoms with Crippen LogP contribution < -0.4 is 10.9 Å². The molecule has 2 aromatic heterocycles. The van der Waals surface area contributed by atoms with Gasteiger partial charge in [0.15, 0.2) is 0 Å². The van der Waals surface area contributed by atoms with E-state index in [2.05, 4.69) is 20.2 Å². The summed E-state index contributed by atoms with van der Waals surface area (Å²) in [6.45, 7) is 2.45. The molecule has 26 heavy (non-hydrogen) atoms. The SMILES string of the molecule is O=C(N[C@H]1CCN(Cc2ccc(=O)[nH]c2)C1)c1c[nH]c2ccc(Cl)cc12. The summed E-state index contributed by atoms with van der Waals surface area (Å²) < 4.78 is 0. The molecule has 0 spiro atoms. The lowest BCUT2D eigenvalue weighted by Crippen LogP contribution is -2.36. The fourth-order valence-corrected chi connectivity index (χ4v) is 3.61.